The van der Waals surface area contributed by atoms with Crippen molar-refractivity contribution in [3.63, 3.8) is 0 Å². The second kappa shape index (κ2) is 8.77. The predicted octanol–water partition coefficient (Wildman–Crippen LogP) is 2.41. The summed E-state index contributed by atoms with van der Waals surface area (Å²) in [7, 11) is 0. The number of benzene rings is 1. The number of carbonyl (C=O) groups is 2. The molecule has 2 N–H and O–H groups in total. The highest BCUT2D eigenvalue weighted by atomic mass is 79.9. The van der Waals surface area contributed by atoms with Crippen molar-refractivity contribution in [3.8, 4) is 0 Å². The molecule has 0 fully saturated rings. The van der Waals surface area contributed by atoms with E-state index in [-0.39, 0.29) is 30.1 Å². The van der Waals surface area contributed by atoms with E-state index in [1.165, 1.54) is 6.07 Å². The Kier molecular flexibility index (Phi) is 7.36. The summed E-state index contributed by atoms with van der Waals surface area (Å²) in [5.41, 5.74) is 0.923. The fourth-order valence-electron chi connectivity index (χ4n) is 1.63. The van der Waals surface area contributed by atoms with Gasteiger partial charge in [-0.3, -0.25) is 9.59 Å². The summed E-state index contributed by atoms with van der Waals surface area (Å²) in [4.78, 5) is 23.1. The van der Waals surface area contributed by atoms with Crippen LogP contribution < -0.4 is 10.6 Å². The maximum atomic E-state index is 13.1. The Labute approximate surface area is 132 Å². The van der Waals surface area contributed by atoms with E-state index < -0.39 is 0 Å². The number of nitrogens with one attached hydrogen (secondary N) is 2. The first-order valence-electron chi connectivity index (χ1n) is 6.92. The van der Waals surface area contributed by atoms with Crippen LogP contribution in [0.3, 0.4) is 0 Å². The lowest BCUT2D eigenvalue weighted by atomic mass is 10.1. The van der Waals surface area contributed by atoms with Gasteiger partial charge in [0.15, 0.2) is 0 Å². The Balaban J connectivity index is 2.27. The molecule has 0 radical (unpaired) electrons. The molecule has 0 bridgehead atoms. The maximum absolute atomic E-state index is 13.1. The molecule has 1 atom stereocenters. The van der Waals surface area contributed by atoms with Gasteiger partial charge in [-0.15, -0.1) is 0 Å². The second-order valence-electron chi connectivity index (χ2n) is 4.88. The van der Waals surface area contributed by atoms with Crippen LogP contribution in [0, 0.1) is 11.7 Å². The van der Waals surface area contributed by atoms with E-state index in [0.717, 1.165) is 12.0 Å². The van der Waals surface area contributed by atoms with Crippen molar-refractivity contribution < 1.29 is 14.0 Å². The summed E-state index contributed by atoms with van der Waals surface area (Å²) >= 11 is 3.12. The van der Waals surface area contributed by atoms with Crippen LogP contribution >= 0.6 is 15.9 Å². The molecular formula is C15H20BrFN2O2. The van der Waals surface area contributed by atoms with Crippen LogP contribution in [-0.2, 0) is 16.0 Å². The highest BCUT2D eigenvalue weighted by Crippen LogP contribution is 2.16. The third-order valence-corrected chi connectivity index (χ3v) is 3.81. The molecule has 0 aliphatic rings. The normalized spacial score (nSPS) is 11.8. The molecule has 0 saturated heterocycles. The molecule has 0 aromatic heterocycles. The molecule has 1 rings (SSSR count). The standard InChI is InChI=1S/C15H20BrFN2O2/c1-3-10(2)15(21)19-9-14(20)18-7-6-11-4-5-13(17)12(16)8-11/h4-5,8,10H,3,6-7,9H2,1-2H3,(H,18,20)(H,19,21). The van der Waals surface area contributed by atoms with Crippen molar-refractivity contribution >= 4 is 27.7 Å². The first-order chi connectivity index (χ1) is 9.93. The first kappa shape index (κ1) is 17.6. The summed E-state index contributed by atoms with van der Waals surface area (Å²) in [6.07, 6.45) is 1.34. The largest absolute Gasteiger partial charge is 0.354 e. The molecular weight excluding hydrogens is 339 g/mol. The second-order valence-corrected chi connectivity index (χ2v) is 5.73. The number of hydrogen-bond donors (Lipinski definition) is 2. The molecule has 21 heavy (non-hydrogen) atoms. The van der Waals surface area contributed by atoms with Gasteiger partial charge in [0.2, 0.25) is 11.8 Å². The van der Waals surface area contributed by atoms with E-state index in [2.05, 4.69) is 26.6 Å². The minimum atomic E-state index is -0.310. The van der Waals surface area contributed by atoms with Crippen molar-refractivity contribution in [3.05, 3.63) is 34.1 Å². The van der Waals surface area contributed by atoms with Gasteiger partial charge in [0, 0.05) is 12.5 Å². The Bertz CT molecular complexity index is 508. The molecule has 1 unspecified atom stereocenters. The van der Waals surface area contributed by atoms with E-state index in [1.54, 1.807) is 12.1 Å². The van der Waals surface area contributed by atoms with Gasteiger partial charge < -0.3 is 10.6 Å². The first-order valence-corrected chi connectivity index (χ1v) is 7.71. The number of rotatable bonds is 7. The van der Waals surface area contributed by atoms with Gasteiger partial charge >= 0.3 is 0 Å². The van der Waals surface area contributed by atoms with Crippen LogP contribution in [0.2, 0.25) is 0 Å². The molecule has 0 spiro atoms. The number of hydrogen-bond acceptors (Lipinski definition) is 2. The monoisotopic (exact) mass is 358 g/mol. The van der Waals surface area contributed by atoms with Crippen molar-refractivity contribution in [2.45, 2.75) is 26.7 Å². The molecule has 0 aliphatic heterocycles. The lowest BCUT2D eigenvalue weighted by Crippen LogP contribution is -2.39. The smallest absolute Gasteiger partial charge is 0.239 e. The molecule has 6 heteroatoms. The maximum Gasteiger partial charge on any atom is 0.239 e. The van der Waals surface area contributed by atoms with Crippen LogP contribution in [0.1, 0.15) is 25.8 Å². The SMILES string of the molecule is CCC(C)C(=O)NCC(=O)NCCc1ccc(F)c(Br)c1. The van der Waals surface area contributed by atoms with Gasteiger partial charge in [0.1, 0.15) is 5.82 Å². The predicted molar refractivity (Wildman–Crippen MR) is 83.3 cm³/mol. The Morgan fingerprint density at radius 1 is 1.33 bits per heavy atom. The zero-order valence-corrected chi connectivity index (χ0v) is 13.8. The fourth-order valence-corrected chi connectivity index (χ4v) is 2.06. The van der Waals surface area contributed by atoms with E-state index in [9.17, 15) is 14.0 Å². The van der Waals surface area contributed by atoms with Gasteiger partial charge in [0.25, 0.3) is 0 Å². The van der Waals surface area contributed by atoms with Crippen molar-refractivity contribution in [2.24, 2.45) is 5.92 Å². The molecule has 2 amide bonds. The summed E-state index contributed by atoms with van der Waals surface area (Å²) < 4.78 is 13.5. The van der Waals surface area contributed by atoms with E-state index in [4.69, 9.17) is 0 Å². The molecule has 0 aliphatic carbocycles. The van der Waals surface area contributed by atoms with Gasteiger partial charge in [-0.1, -0.05) is 19.9 Å². The molecule has 0 saturated carbocycles. The molecule has 116 valence electrons. The van der Waals surface area contributed by atoms with Crippen molar-refractivity contribution in [2.75, 3.05) is 13.1 Å². The van der Waals surface area contributed by atoms with Gasteiger partial charge in [0.05, 0.1) is 11.0 Å². The number of amides is 2. The summed E-state index contributed by atoms with van der Waals surface area (Å²) in [5, 5.41) is 5.31. The quantitative estimate of drug-likeness (QED) is 0.786. The van der Waals surface area contributed by atoms with Gasteiger partial charge in [-0.05, 0) is 46.5 Å². The third kappa shape index (κ3) is 6.25. The summed E-state index contributed by atoms with van der Waals surface area (Å²) in [5.74, 6) is -0.743. The van der Waals surface area contributed by atoms with E-state index in [1.807, 2.05) is 13.8 Å². The van der Waals surface area contributed by atoms with Gasteiger partial charge in [-0.25, -0.2) is 4.39 Å². The molecule has 0 heterocycles. The van der Waals surface area contributed by atoms with Crippen molar-refractivity contribution in [1.82, 2.24) is 10.6 Å². The minimum absolute atomic E-state index is 0.0176. The third-order valence-electron chi connectivity index (χ3n) is 3.20. The van der Waals surface area contributed by atoms with Crippen LogP contribution in [0.25, 0.3) is 0 Å². The average molecular weight is 359 g/mol. The lowest BCUT2D eigenvalue weighted by Gasteiger charge is -2.10. The van der Waals surface area contributed by atoms with Gasteiger partial charge in [-0.2, -0.15) is 0 Å². The lowest BCUT2D eigenvalue weighted by molar-refractivity contribution is -0.128. The number of carbonyl (C=O) groups excluding carboxylic acids is 2. The van der Waals surface area contributed by atoms with Crippen LogP contribution in [-0.4, -0.2) is 24.9 Å². The van der Waals surface area contributed by atoms with Crippen molar-refractivity contribution in [1.29, 1.82) is 0 Å². The Morgan fingerprint density at radius 2 is 2.05 bits per heavy atom. The molecule has 1 aromatic rings. The zero-order chi connectivity index (χ0) is 15.8. The number of halogens is 2. The fraction of sp³-hybridized carbons (Fsp3) is 0.467. The topological polar surface area (TPSA) is 58.2 Å². The minimum Gasteiger partial charge on any atom is -0.354 e. The van der Waals surface area contributed by atoms with E-state index >= 15 is 0 Å². The molecule has 1 aromatic carbocycles. The van der Waals surface area contributed by atoms with E-state index in [0.29, 0.717) is 17.4 Å². The van der Waals surface area contributed by atoms with Crippen LogP contribution in [0.15, 0.2) is 22.7 Å². The Hall–Kier alpha value is -1.43. The van der Waals surface area contributed by atoms with Crippen LogP contribution in [0.5, 0.6) is 0 Å². The molecule has 4 nitrogen and oxygen atoms in total. The highest BCUT2D eigenvalue weighted by molar-refractivity contribution is 9.10. The Morgan fingerprint density at radius 3 is 2.67 bits per heavy atom. The average Bonchev–Trinajstić information content (AvgIpc) is 2.47. The summed E-state index contributed by atoms with van der Waals surface area (Å²) in [6, 6.07) is 4.75. The van der Waals surface area contributed by atoms with Crippen LogP contribution in [0.4, 0.5) is 4.39 Å². The highest BCUT2D eigenvalue weighted by Gasteiger charge is 2.11. The zero-order valence-electron chi connectivity index (χ0n) is 12.2. The summed E-state index contributed by atoms with van der Waals surface area (Å²) in [6.45, 7) is 4.16.